The maximum atomic E-state index is 12.4. The van der Waals surface area contributed by atoms with Gasteiger partial charge in [-0.25, -0.2) is 13.2 Å². The van der Waals surface area contributed by atoms with Crippen molar-refractivity contribution in [2.75, 3.05) is 34.7 Å². The molecule has 0 bridgehead atoms. The second kappa shape index (κ2) is 13.6. The molecule has 0 spiro atoms. The minimum absolute atomic E-state index is 0.327. The number of anilines is 3. The smallest absolute Gasteiger partial charge is 0.323 e. The summed E-state index contributed by atoms with van der Waals surface area (Å²) in [6, 6.07) is 28.8. The zero-order chi connectivity index (χ0) is 31.1. The number of carbonyl (C=O) groups is 2. The minimum Gasteiger partial charge on any atom is -0.457 e. The molecule has 1 fully saturated rings. The number of piperidine rings is 1. The molecule has 1 aliphatic heterocycles. The van der Waals surface area contributed by atoms with Crippen LogP contribution in [-0.4, -0.2) is 44.6 Å². The van der Waals surface area contributed by atoms with Crippen LogP contribution in [0.2, 0.25) is 0 Å². The third-order valence-electron chi connectivity index (χ3n) is 7.36. The van der Waals surface area contributed by atoms with E-state index in [1.54, 1.807) is 42.5 Å². The Balaban J connectivity index is 1.06. The molecule has 0 atom stereocenters. The molecule has 1 saturated heterocycles. The van der Waals surface area contributed by atoms with Gasteiger partial charge < -0.3 is 21.1 Å². The van der Waals surface area contributed by atoms with Crippen molar-refractivity contribution in [2.24, 2.45) is 5.73 Å². The molecule has 1 heterocycles. The third kappa shape index (κ3) is 8.82. The summed E-state index contributed by atoms with van der Waals surface area (Å²) in [4.78, 5) is 26.2. The summed E-state index contributed by atoms with van der Waals surface area (Å²) in [6.45, 7) is 2.84. The Morgan fingerprint density at radius 1 is 0.818 bits per heavy atom. The molecule has 0 radical (unpaired) electrons. The summed E-state index contributed by atoms with van der Waals surface area (Å²) < 4.78 is 31.1. The van der Waals surface area contributed by atoms with Crippen molar-refractivity contribution in [1.29, 1.82) is 0 Å². The van der Waals surface area contributed by atoms with Gasteiger partial charge in [0, 0.05) is 29.2 Å². The highest BCUT2D eigenvalue weighted by Gasteiger charge is 2.21. The molecular formula is C33H35N5O5S. The number of sulfonamides is 1. The van der Waals surface area contributed by atoms with Gasteiger partial charge in [0.25, 0.3) is 0 Å². The fraction of sp³-hybridized carbons (Fsp3) is 0.212. The molecule has 5 rings (SSSR count). The summed E-state index contributed by atoms with van der Waals surface area (Å²) in [5.74, 6) is 1.24. The fourth-order valence-electron chi connectivity index (χ4n) is 5.17. The van der Waals surface area contributed by atoms with Gasteiger partial charge in [-0.3, -0.25) is 14.4 Å². The van der Waals surface area contributed by atoms with Crippen LogP contribution in [0.15, 0.2) is 97.1 Å². The number of rotatable bonds is 10. The molecule has 0 saturated carbocycles. The number of amides is 3. The number of carbonyl (C=O) groups excluding carboxylic acids is 2. The summed E-state index contributed by atoms with van der Waals surface area (Å²) in [5.41, 5.74) is 9.76. The molecule has 44 heavy (non-hydrogen) atoms. The lowest BCUT2D eigenvalue weighted by atomic mass is 9.89. The molecule has 0 aliphatic carbocycles. The molecule has 228 valence electrons. The lowest BCUT2D eigenvalue weighted by Gasteiger charge is -2.32. The van der Waals surface area contributed by atoms with Crippen LogP contribution in [-0.2, 0) is 16.6 Å². The van der Waals surface area contributed by atoms with E-state index in [-0.39, 0.29) is 0 Å². The first-order valence-electron chi connectivity index (χ1n) is 14.2. The lowest BCUT2D eigenvalue weighted by molar-refractivity contribution is 0.1000. The van der Waals surface area contributed by atoms with Crippen molar-refractivity contribution in [1.82, 2.24) is 4.90 Å². The second-order valence-corrected chi connectivity index (χ2v) is 12.6. The van der Waals surface area contributed by atoms with Gasteiger partial charge in [0.2, 0.25) is 15.9 Å². The number of hydrogen-bond donors (Lipinski definition) is 4. The van der Waals surface area contributed by atoms with Gasteiger partial charge in [0.1, 0.15) is 11.5 Å². The number of urea groups is 1. The first-order chi connectivity index (χ1) is 21.1. The van der Waals surface area contributed by atoms with Gasteiger partial charge in [-0.2, -0.15) is 0 Å². The number of nitrogens with two attached hydrogens (primary N) is 1. The van der Waals surface area contributed by atoms with Crippen LogP contribution in [0.3, 0.4) is 0 Å². The third-order valence-corrected chi connectivity index (χ3v) is 7.96. The molecule has 11 heteroatoms. The van der Waals surface area contributed by atoms with Crippen molar-refractivity contribution in [3.63, 3.8) is 0 Å². The van der Waals surface area contributed by atoms with E-state index in [0.717, 1.165) is 38.7 Å². The molecule has 1 aliphatic rings. The zero-order valence-corrected chi connectivity index (χ0v) is 25.1. The maximum Gasteiger partial charge on any atom is 0.323 e. The van der Waals surface area contributed by atoms with Crippen molar-refractivity contribution in [3.8, 4) is 11.5 Å². The van der Waals surface area contributed by atoms with Gasteiger partial charge in [0.15, 0.2) is 0 Å². The number of hydrogen-bond acceptors (Lipinski definition) is 6. The standard InChI is InChI=1S/C33H35N5O5S/c1-44(41,42)37-28-11-15-31(16-12-28)43-30-13-5-23(6-14-30)22-38-19-17-25(18-20-38)24-7-9-27(10-8-24)35-33(40)36-29-4-2-3-26(21-29)32(34)39/h2-16,21,25,37H,17-20,22H2,1H3,(H2,34,39)(H2,35,36,40). The van der Waals surface area contributed by atoms with Crippen LogP contribution in [0.5, 0.6) is 11.5 Å². The Hall–Kier alpha value is -4.87. The Morgan fingerprint density at radius 2 is 1.41 bits per heavy atom. The van der Waals surface area contributed by atoms with E-state index in [1.807, 2.05) is 24.3 Å². The van der Waals surface area contributed by atoms with Crippen molar-refractivity contribution in [2.45, 2.75) is 25.3 Å². The maximum absolute atomic E-state index is 12.4. The summed E-state index contributed by atoms with van der Waals surface area (Å²) >= 11 is 0. The van der Waals surface area contributed by atoms with Gasteiger partial charge in [-0.05, 0) is 110 Å². The first-order valence-corrected chi connectivity index (χ1v) is 16.1. The molecule has 5 N–H and O–H groups in total. The van der Waals surface area contributed by atoms with Crippen LogP contribution in [0, 0.1) is 0 Å². The summed E-state index contributed by atoms with van der Waals surface area (Å²) in [6.07, 6.45) is 3.21. The van der Waals surface area contributed by atoms with Crippen LogP contribution in [0.1, 0.15) is 40.2 Å². The molecule has 4 aromatic rings. The molecular weight excluding hydrogens is 578 g/mol. The van der Waals surface area contributed by atoms with Crippen LogP contribution in [0.25, 0.3) is 0 Å². The number of ether oxygens (including phenoxy) is 1. The number of benzene rings is 4. The van der Waals surface area contributed by atoms with E-state index in [0.29, 0.717) is 40.0 Å². The second-order valence-electron chi connectivity index (χ2n) is 10.8. The summed E-state index contributed by atoms with van der Waals surface area (Å²) in [5, 5.41) is 5.55. The Kier molecular flexibility index (Phi) is 9.47. The number of nitrogens with one attached hydrogen (secondary N) is 3. The van der Waals surface area contributed by atoms with E-state index in [4.69, 9.17) is 10.5 Å². The van der Waals surface area contributed by atoms with Crippen LogP contribution >= 0.6 is 0 Å². The predicted octanol–water partition coefficient (Wildman–Crippen LogP) is 5.97. The largest absolute Gasteiger partial charge is 0.457 e. The Labute approximate surface area is 257 Å². The predicted molar refractivity (Wildman–Crippen MR) is 173 cm³/mol. The van der Waals surface area contributed by atoms with E-state index in [1.165, 1.54) is 17.2 Å². The Morgan fingerprint density at radius 3 is 2.02 bits per heavy atom. The van der Waals surface area contributed by atoms with Crippen molar-refractivity contribution in [3.05, 3.63) is 114 Å². The fourth-order valence-corrected chi connectivity index (χ4v) is 5.73. The highest BCUT2D eigenvalue weighted by atomic mass is 32.2. The number of primary amides is 1. The van der Waals surface area contributed by atoms with Gasteiger partial charge in [-0.15, -0.1) is 0 Å². The lowest BCUT2D eigenvalue weighted by Crippen LogP contribution is -2.32. The van der Waals surface area contributed by atoms with E-state index in [2.05, 4.69) is 44.5 Å². The minimum atomic E-state index is -3.32. The normalized spacial score (nSPS) is 14.0. The van der Waals surface area contributed by atoms with Crippen LogP contribution < -0.4 is 25.8 Å². The average molecular weight is 614 g/mol. The topological polar surface area (TPSA) is 143 Å². The van der Waals surface area contributed by atoms with Crippen molar-refractivity contribution >= 4 is 39.0 Å². The monoisotopic (exact) mass is 613 g/mol. The quantitative estimate of drug-likeness (QED) is 0.174. The van der Waals surface area contributed by atoms with E-state index < -0.39 is 22.0 Å². The first kappa shape index (κ1) is 30.6. The van der Waals surface area contributed by atoms with Gasteiger partial charge in [0.05, 0.1) is 6.26 Å². The molecule has 10 nitrogen and oxygen atoms in total. The Bertz CT molecular complexity index is 1700. The molecule has 0 aromatic heterocycles. The molecule has 4 aromatic carbocycles. The molecule has 0 unspecified atom stereocenters. The number of likely N-dealkylation sites (tertiary alicyclic amines) is 1. The highest BCUT2D eigenvalue weighted by molar-refractivity contribution is 7.92. The van der Waals surface area contributed by atoms with Gasteiger partial charge in [-0.1, -0.05) is 30.3 Å². The van der Waals surface area contributed by atoms with E-state index >= 15 is 0 Å². The van der Waals surface area contributed by atoms with Crippen LogP contribution in [0.4, 0.5) is 21.9 Å². The average Bonchev–Trinajstić information content (AvgIpc) is 2.99. The SMILES string of the molecule is CS(=O)(=O)Nc1ccc(Oc2ccc(CN3CCC(c4ccc(NC(=O)Nc5cccc(C(N)=O)c5)cc4)CC3)cc2)cc1. The van der Waals surface area contributed by atoms with Crippen molar-refractivity contribution < 1.29 is 22.7 Å². The highest BCUT2D eigenvalue weighted by Crippen LogP contribution is 2.30. The molecule has 3 amide bonds. The van der Waals surface area contributed by atoms with E-state index in [9.17, 15) is 18.0 Å². The van der Waals surface area contributed by atoms with Gasteiger partial charge >= 0.3 is 6.03 Å². The number of nitrogens with zero attached hydrogens (tertiary/aromatic N) is 1. The zero-order valence-electron chi connectivity index (χ0n) is 24.3. The summed E-state index contributed by atoms with van der Waals surface area (Å²) in [7, 11) is -3.32.